The van der Waals surface area contributed by atoms with Gasteiger partial charge in [-0.3, -0.25) is 14.3 Å². The number of hydrogen-bond donors (Lipinski definition) is 2. The molecule has 140 valence electrons. The van der Waals surface area contributed by atoms with Gasteiger partial charge in [-0.15, -0.1) is 0 Å². The van der Waals surface area contributed by atoms with Gasteiger partial charge < -0.3 is 19.9 Å². The SMILES string of the molecule is CC(C)n1cncc1C(=O)N1CC(O)CC(NC(=O)c2cnn(C)c2)C1. The predicted octanol–water partition coefficient (Wildman–Crippen LogP) is 0.203. The topological polar surface area (TPSA) is 105 Å². The van der Waals surface area contributed by atoms with Crippen LogP contribution in [0.4, 0.5) is 0 Å². The van der Waals surface area contributed by atoms with Crippen molar-refractivity contribution in [3.8, 4) is 0 Å². The molecule has 2 amide bonds. The molecule has 26 heavy (non-hydrogen) atoms. The molecule has 1 aliphatic heterocycles. The second-order valence-electron chi connectivity index (χ2n) is 6.95. The number of aromatic nitrogens is 4. The van der Waals surface area contributed by atoms with Crippen LogP contribution in [0.1, 0.15) is 47.2 Å². The molecular formula is C17H24N6O3. The Bertz CT molecular complexity index is 796. The number of piperidine rings is 1. The van der Waals surface area contributed by atoms with Gasteiger partial charge in [-0.1, -0.05) is 0 Å². The Hall–Kier alpha value is -2.68. The van der Waals surface area contributed by atoms with E-state index in [1.54, 1.807) is 33.7 Å². The first-order valence-corrected chi connectivity index (χ1v) is 8.63. The van der Waals surface area contributed by atoms with Crippen LogP contribution < -0.4 is 5.32 Å². The van der Waals surface area contributed by atoms with Crippen LogP contribution in [-0.4, -0.2) is 66.4 Å². The molecule has 1 fully saturated rings. The Kier molecular flexibility index (Phi) is 5.08. The Morgan fingerprint density at radius 1 is 1.31 bits per heavy atom. The average molecular weight is 360 g/mol. The van der Waals surface area contributed by atoms with Crippen molar-refractivity contribution >= 4 is 11.8 Å². The fourth-order valence-electron chi connectivity index (χ4n) is 3.19. The molecule has 9 nitrogen and oxygen atoms in total. The van der Waals surface area contributed by atoms with Crippen LogP contribution in [0.15, 0.2) is 24.9 Å². The smallest absolute Gasteiger partial charge is 0.272 e. The maximum absolute atomic E-state index is 12.9. The number of likely N-dealkylation sites (tertiary alicyclic amines) is 1. The quantitative estimate of drug-likeness (QED) is 0.810. The molecule has 3 rings (SSSR count). The van der Waals surface area contributed by atoms with Crippen molar-refractivity contribution in [3.05, 3.63) is 36.2 Å². The van der Waals surface area contributed by atoms with E-state index in [1.165, 1.54) is 12.4 Å². The van der Waals surface area contributed by atoms with E-state index in [2.05, 4.69) is 15.4 Å². The third kappa shape index (κ3) is 3.77. The highest BCUT2D eigenvalue weighted by Crippen LogP contribution is 2.17. The molecule has 0 spiro atoms. The molecule has 2 atom stereocenters. The molecule has 9 heteroatoms. The molecule has 1 saturated heterocycles. The van der Waals surface area contributed by atoms with E-state index < -0.39 is 6.10 Å². The lowest BCUT2D eigenvalue weighted by molar-refractivity contribution is 0.0363. The van der Waals surface area contributed by atoms with Crippen molar-refractivity contribution in [1.29, 1.82) is 0 Å². The number of β-amino-alcohol motifs (C(OH)–C–C–N with tert-alkyl or cyclic N) is 1. The number of imidazole rings is 1. The zero-order chi connectivity index (χ0) is 18.8. The predicted molar refractivity (Wildman–Crippen MR) is 93.6 cm³/mol. The zero-order valence-corrected chi connectivity index (χ0v) is 15.2. The molecule has 0 bridgehead atoms. The van der Waals surface area contributed by atoms with Gasteiger partial charge in [0.1, 0.15) is 5.69 Å². The van der Waals surface area contributed by atoms with Crippen molar-refractivity contribution < 1.29 is 14.7 Å². The van der Waals surface area contributed by atoms with E-state index in [0.717, 1.165) is 0 Å². The number of carbonyl (C=O) groups is 2. The minimum Gasteiger partial charge on any atom is -0.391 e. The lowest BCUT2D eigenvalue weighted by Crippen LogP contribution is -2.54. The van der Waals surface area contributed by atoms with E-state index in [-0.39, 0.29) is 30.4 Å². The second-order valence-corrected chi connectivity index (χ2v) is 6.95. The summed E-state index contributed by atoms with van der Waals surface area (Å²) in [6.45, 7) is 4.52. The highest BCUT2D eigenvalue weighted by atomic mass is 16.3. The normalized spacial score (nSPS) is 20.4. The summed E-state index contributed by atoms with van der Waals surface area (Å²) in [5.74, 6) is -0.465. The molecule has 1 aliphatic rings. The molecule has 0 radical (unpaired) electrons. The molecule has 2 N–H and O–H groups in total. The van der Waals surface area contributed by atoms with Crippen molar-refractivity contribution in [1.82, 2.24) is 29.5 Å². The van der Waals surface area contributed by atoms with Gasteiger partial charge in [0.05, 0.1) is 30.4 Å². The highest BCUT2D eigenvalue weighted by Gasteiger charge is 2.32. The number of nitrogens with one attached hydrogen (secondary N) is 1. The largest absolute Gasteiger partial charge is 0.391 e. The molecule has 0 aromatic carbocycles. The van der Waals surface area contributed by atoms with Gasteiger partial charge in [-0.25, -0.2) is 4.98 Å². The maximum Gasteiger partial charge on any atom is 0.272 e. The van der Waals surface area contributed by atoms with Gasteiger partial charge in [-0.05, 0) is 20.3 Å². The molecule has 2 aromatic rings. The van der Waals surface area contributed by atoms with Crippen molar-refractivity contribution in [3.63, 3.8) is 0 Å². The second kappa shape index (κ2) is 7.28. The maximum atomic E-state index is 12.9. The number of aliphatic hydroxyl groups excluding tert-OH is 1. The van der Waals surface area contributed by atoms with Crippen LogP contribution in [-0.2, 0) is 7.05 Å². The van der Waals surface area contributed by atoms with Crippen LogP contribution in [0.2, 0.25) is 0 Å². The van der Waals surface area contributed by atoms with Crippen LogP contribution >= 0.6 is 0 Å². The lowest BCUT2D eigenvalue weighted by Gasteiger charge is -2.36. The molecule has 0 aliphatic carbocycles. The van der Waals surface area contributed by atoms with E-state index >= 15 is 0 Å². The van der Waals surface area contributed by atoms with Gasteiger partial charge in [-0.2, -0.15) is 5.10 Å². The molecule has 0 saturated carbocycles. The van der Waals surface area contributed by atoms with Gasteiger partial charge in [0, 0.05) is 38.4 Å². The summed E-state index contributed by atoms with van der Waals surface area (Å²) in [5, 5.41) is 17.0. The third-order valence-electron chi connectivity index (χ3n) is 4.46. The highest BCUT2D eigenvalue weighted by molar-refractivity contribution is 5.94. The Balaban J connectivity index is 1.70. The summed E-state index contributed by atoms with van der Waals surface area (Å²) in [6.07, 6.45) is 5.98. The molecule has 3 heterocycles. The van der Waals surface area contributed by atoms with E-state index in [0.29, 0.717) is 24.2 Å². The van der Waals surface area contributed by atoms with Gasteiger partial charge >= 0.3 is 0 Å². The molecular weight excluding hydrogens is 336 g/mol. The number of aliphatic hydroxyl groups is 1. The Morgan fingerprint density at radius 2 is 2.08 bits per heavy atom. The third-order valence-corrected chi connectivity index (χ3v) is 4.46. The van der Waals surface area contributed by atoms with Crippen molar-refractivity contribution in [2.45, 2.75) is 38.5 Å². The first kappa shape index (κ1) is 18.1. The fourth-order valence-corrected chi connectivity index (χ4v) is 3.19. The standard InChI is InChI=1S/C17H24N6O3/c1-11(2)23-10-18-6-15(23)17(26)22-8-13(4-14(24)9-22)20-16(25)12-5-19-21(3)7-12/h5-7,10-11,13-14,24H,4,8-9H2,1-3H3,(H,20,25). The van der Waals surface area contributed by atoms with Crippen molar-refractivity contribution in [2.24, 2.45) is 7.05 Å². The molecule has 2 aromatic heterocycles. The van der Waals surface area contributed by atoms with E-state index in [1.807, 2.05) is 13.8 Å². The number of rotatable bonds is 4. The zero-order valence-electron chi connectivity index (χ0n) is 15.2. The minimum atomic E-state index is -0.692. The van der Waals surface area contributed by atoms with Crippen LogP contribution in [0.3, 0.4) is 0 Å². The van der Waals surface area contributed by atoms with Crippen LogP contribution in [0, 0.1) is 0 Å². The number of amides is 2. The summed E-state index contributed by atoms with van der Waals surface area (Å²) < 4.78 is 3.35. The first-order valence-electron chi connectivity index (χ1n) is 8.63. The van der Waals surface area contributed by atoms with Gasteiger partial charge in [0.25, 0.3) is 11.8 Å². The summed E-state index contributed by atoms with van der Waals surface area (Å²) >= 11 is 0. The number of hydrogen-bond acceptors (Lipinski definition) is 5. The molecule has 2 unspecified atom stereocenters. The van der Waals surface area contributed by atoms with Crippen molar-refractivity contribution in [2.75, 3.05) is 13.1 Å². The summed E-state index contributed by atoms with van der Waals surface area (Å²) in [5.41, 5.74) is 0.926. The van der Waals surface area contributed by atoms with Gasteiger partial charge in [0.15, 0.2) is 0 Å². The van der Waals surface area contributed by atoms with Crippen LogP contribution in [0.5, 0.6) is 0 Å². The average Bonchev–Trinajstić information content (AvgIpc) is 3.22. The fraction of sp³-hybridized carbons (Fsp3) is 0.529. The lowest BCUT2D eigenvalue weighted by atomic mass is 10.0. The minimum absolute atomic E-state index is 0.104. The Morgan fingerprint density at radius 3 is 2.73 bits per heavy atom. The number of carbonyl (C=O) groups excluding carboxylic acids is 2. The number of nitrogens with zero attached hydrogens (tertiary/aromatic N) is 5. The van der Waals surface area contributed by atoms with E-state index in [9.17, 15) is 14.7 Å². The first-order chi connectivity index (χ1) is 12.3. The Labute approximate surface area is 151 Å². The number of aryl methyl sites for hydroxylation is 1. The monoisotopic (exact) mass is 360 g/mol. The summed E-state index contributed by atoms with van der Waals surface area (Å²) in [7, 11) is 1.74. The van der Waals surface area contributed by atoms with E-state index in [4.69, 9.17) is 0 Å². The van der Waals surface area contributed by atoms with Crippen LogP contribution in [0.25, 0.3) is 0 Å². The summed E-state index contributed by atoms with van der Waals surface area (Å²) in [6, 6.07) is -0.224. The van der Waals surface area contributed by atoms with Gasteiger partial charge in [0.2, 0.25) is 0 Å². The summed E-state index contributed by atoms with van der Waals surface area (Å²) in [4.78, 5) is 30.8.